The first kappa shape index (κ1) is 28.2. The molecule has 0 saturated heterocycles. The number of aliphatic hydroxyl groups is 2. The lowest BCUT2D eigenvalue weighted by atomic mass is 9.46. The zero-order valence-electron chi connectivity index (χ0n) is 21.2. The lowest BCUT2D eigenvalue weighted by molar-refractivity contribution is -0.343. The molecule has 0 aromatic rings. The molecule has 0 bridgehead atoms. The van der Waals surface area contributed by atoms with Crippen LogP contribution in [0.25, 0.3) is 0 Å². The van der Waals surface area contributed by atoms with Crippen molar-refractivity contribution >= 4 is 0 Å². The number of hydrogen-bond donors (Lipinski definition) is 2. The molecule has 0 heterocycles. The molecular formula is C27H39F7O2. The van der Waals surface area contributed by atoms with Crippen molar-refractivity contribution < 1.29 is 40.9 Å². The quantitative estimate of drug-likeness (QED) is 0.286. The lowest BCUT2D eigenvalue weighted by Crippen LogP contribution is -2.55. The van der Waals surface area contributed by atoms with Gasteiger partial charge in [0.15, 0.2) is 0 Å². The fourth-order valence-corrected chi connectivity index (χ4v) is 8.92. The maximum absolute atomic E-state index is 14.1. The van der Waals surface area contributed by atoms with Gasteiger partial charge >= 0.3 is 12.4 Å². The van der Waals surface area contributed by atoms with Gasteiger partial charge in [0.2, 0.25) is 0 Å². The number of fused-ring (bicyclic) bond motifs is 5. The third-order valence-corrected chi connectivity index (χ3v) is 10.9. The molecule has 9 atom stereocenters. The maximum Gasteiger partial charge on any atom is 0.431 e. The molecule has 4 rings (SSSR count). The van der Waals surface area contributed by atoms with Crippen LogP contribution in [0.4, 0.5) is 30.7 Å². The molecule has 208 valence electrons. The number of halogens is 7. The molecule has 4 aliphatic carbocycles. The average Bonchev–Trinajstić information content (AvgIpc) is 3.10. The van der Waals surface area contributed by atoms with E-state index in [0.29, 0.717) is 6.42 Å². The normalized spacial score (nSPS) is 42.3. The van der Waals surface area contributed by atoms with Crippen LogP contribution < -0.4 is 0 Å². The van der Waals surface area contributed by atoms with E-state index in [4.69, 9.17) is 0 Å². The number of alkyl halides is 7. The van der Waals surface area contributed by atoms with E-state index in [0.717, 1.165) is 44.1 Å². The minimum absolute atomic E-state index is 0.0545. The van der Waals surface area contributed by atoms with E-state index >= 15 is 0 Å². The average molecular weight is 529 g/mol. The van der Waals surface area contributed by atoms with Gasteiger partial charge in [0, 0.05) is 0 Å². The fraction of sp³-hybridized carbons (Fsp3) is 0.926. The lowest BCUT2D eigenvalue weighted by Gasteiger charge is -2.59. The van der Waals surface area contributed by atoms with Crippen LogP contribution >= 0.6 is 0 Å². The van der Waals surface area contributed by atoms with Crippen LogP contribution in [0.15, 0.2) is 11.6 Å². The Morgan fingerprint density at radius 2 is 1.56 bits per heavy atom. The summed E-state index contributed by atoms with van der Waals surface area (Å²) in [6.45, 7) is 6.28. The molecular weight excluding hydrogens is 489 g/mol. The third-order valence-electron chi connectivity index (χ3n) is 10.9. The molecule has 4 aliphatic rings. The summed E-state index contributed by atoms with van der Waals surface area (Å²) < 4.78 is 91.7. The van der Waals surface area contributed by atoms with Crippen LogP contribution in [-0.2, 0) is 0 Å². The smallest absolute Gasteiger partial charge is 0.393 e. The van der Waals surface area contributed by atoms with E-state index in [9.17, 15) is 40.9 Å². The summed E-state index contributed by atoms with van der Waals surface area (Å²) in [6, 6.07) is 0. The molecule has 3 saturated carbocycles. The largest absolute Gasteiger partial charge is 0.431 e. The molecule has 0 aliphatic heterocycles. The van der Waals surface area contributed by atoms with Crippen molar-refractivity contribution in [1.82, 2.24) is 0 Å². The highest BCUT2D eigenvalue weighted by molar-refractivity contribution is 5.28. The van der Waals surface area contributed by atoms with Crippen molar-refractivity contribution in [2.75, 3.05) is 0 Å². The number of rotatable bonds is 5. The van der Waals surface area contributed by atoms with Crippen molar-refractivity contribution in [2.45, 2.75) is 115 Å². The molecule has 0 radical (unpaired) electrons. The van der Waals surface area contributed by atoms with E-state index in [2.05, 4.69) is 13.8 Å². The number of hydrogen-bond acceptors (Lipinski definition) is 2. The molecule has 2 nitrogen and oxygen atoms in total. The molecule has 0 aromatic heterocycles. The van der Waals surface area contributed by atoms with Gasteiger partial charge in [0.05, 0.1) is 12.2 Å². The van der Waals surface area contributed by atoms with Crippen molar-refractivity contribution in [3.8, 4) is 0 Å². The van der Waals surface area contributed by atoms with Crippen LogP contribution in [0.5, 0.6) is 0 Å². The molecule has 0 amide bonds. The second kappa shape index (κ2) is 9.13. The van der Waals surface area contributed by atoms with Crippen molar-refractivity contribution in [3.63, 3.8) is 0 Å². The molecule has 9 heteroatoms. The maximum atomic E-state index is 14.1. The van der Waals surface area contributed by atoms with Gasteiger partial charge in [-0.3, -0.25) is 0 Å². The van der Waals surface area contributed by atoms with E-state index in [-0.39, 0.29) is 52.9 Å². The monoisotopic (exact) mass is 528 g/mol. The Morgan fingerprint density at radius 3 is 2.17 bits per heavy atom. The summed E-state index contributed by atoms with van der Waals surface area (Å²) in [4.78, 5) is 0. The Hall–Kier alpha value is -0.830. The highest BCUT2D eigenvalue weighted by Gasteiger charge is 2.71. The minimum atomic E-state index is -5.99. The zero-order chi connectivity index (χ0) is 26.9. The Labute approximate surface area is 208 Å². The Bertz CT molecular complexity index is 838. The summed E-state index contributed by atoms with van der Waals surface area (Å²) >= 11 is 0. The van der Waals surface area contributed by atoms with Gasteiger partial charge in [0.25, 0.3) is 5.67 Å². The van der Waals surface area contributed by atoms with Crippen molar-refractivity contribution in [1.29, 1.82) is 0 Å². The molecule has 3 fully saturated rings. The molecule has 0 spiro atoms. The predicted octanol–water partition coefficient (Wildman–Crippen LogP) is 7.54. The summed E-state index contributed by atoms with van der Waals surface area (Å²) in [7, 11) is 0. The van der Waals surface area contributed by atoms with Gasteiger partial charge in [-0.15, -0.1) is 0 Å². The summed E-state index contributed by atoms with van der Waals surface area (Å²) in [5, 5.41) is 21.4. The fourth-order valence-electron chi connectivity index (χ4n) is 8.92. The summed E-state index contributed by atoms with van der Waals surface area (Å²) in [5.74, 6) is 0.518. The van der Waals surface area contributed by atoms with Crippen molar-refractivity contribution in [2.24, 2.45) is 40.4 Å². The molecule has 0 aromatic carbocycles. The Morgan fingerprint density at radius 1 is 0.917 bits per heavy atom. The summed E-state index contributed by atoms with van der Waals surface area (Å²) in [5.41, 5.74) is -4.27. The van der Waals surface area contributed by atoms with E-state index in [1.807, 2.05) is 13.0 Å². The van der Waals surface area contributed by atoms with E-state index < -0.39 is 37.0 Å². The van der Waals surface area contributed by atoms with Gasteiger partial charge in [0.1, 0.15) is 0 Å². The van der Waals surface area contributed by atoms with E-state index in [1.165, 1.54) is 0 Å². The van der Waals surface area contributed by atoms with E-state index in [1.54, 1.807) is 0 Å². The van der Waals surface area contributed by atoms with Gasteiger partial charge in [-0.25, -0.2) is 4.39 Å². The predicted molar refractivity (Wildman–Crippen MR) is 122 cm³/mol. The molecule has 36 heavy (non-hydrogen) atoms. The first-order valence-corrected chi connectivity index (χ1v) is 13.4. The van der Waals surface area contributed by atoms with Crippen molar-refractivity contribution in [3.05, 3.63) is 11.6 Å². The van der Waals surface area contributed by atoms with Crippen LogP contribution in [0.1, 0.15) is 85.0 Å². The second-order valence-corrected chi connectivity index (χ2v) is 12.7. The first-order chi connectivity index (χ1) is 16.5. The van der Waals surface area contributed by atoms with Crippen LogP contribution in [0.2, 0.25) is 0 Å². The van der Waals surface area contributed by atoms with Gasteiger partial charge in [-0.2, -0.15) is 26.3 Å². The minimum Gasteiger partial charge on any atom is -0.393 e. The zero-order valence-corrected chi connectivity index (χ0v) is 21.2. The Balaban J connectivity index is 1.47. The SMILES string of the molecule is C[C@H](CCCC(F)(C(F)(F)F)C(F)(F)F)[C@H]1CC[C@H]2[C@@H]3C(O)C=C4C[C@@H](O)CC[C@]4(C)[C@H]3CC[C@]12C. The second-order valence-electron chi connectivity index (χ2n) is 12.7. The Kier molecular flexibility index (Phi) is 7.15. The summed E-state index contributed by atoms with van der Waals surface area (Å²) in [6.07, 6.45) is -7.38. The highest BCUT2D eigenvalue weighted by Crippen LogP contribution is 2.67. The van der Waals surface area contributed by atoms with Gasteiger partial charge in [-0.05, 0) is 98.2 Å². The van der Waals surface area contributed by atoms with Crippen LogP contribution in [0, 0.1) is 40.4 Å². The third kappa shape index (κ3) is 4.32. The standard InChI is InChI=1S/C27H39F7O2/c1-15(5-4-10-25(28,26(29,30)31)27(32,33)34)18-6-7-19-22-20(9-12-24(18,19)3)23(2)11-8-17(35)13-16(23)14-21(22)36/h14-15,17-22,35-36H,4-13H2,1-3H3/t15-,17+,18-,19+,20+,21?,22+,23+,24-/m1/s1. The molecule has 2 N–H and O–H groups in total. The topological polar surface area (TPSA) is 40.5 Å². The van der Waals surface area contributed by atoms with Gasteiger partial charge in [-0.1, -0.05) is 38.8 Å². The van der Waals surface area contributed by atoms with Crippen LogP contribution in [-0.4, -0.2) is 40.4 Å². The molecule has 1 unspecified atom stereocenters. The first-order valence-electron chi connectivity index (χ1n) is 13.4. The van der Waals surface area contributed by atoms with Gasteiger partial charge < -0.3 is 10.2 Å². The van der Waals surface area contributed by atoms with Crippen LogP contribution in [0.3, 0.4) is 0 Å². The highest BCUT2D eigenvalue weighted by atomic mass is 19.4. The number of aliphatic hydroxyl groups excluding tert-OH is 2.